The Kier molecular flexibility index (Phi) is 7.85. The van der Waals surface area contributed by atoms with Crippen LogP contribution in [0.4, 0.5) is 17.1 Å². The van der Waals surface area contributed by atoms with Gasteiger partial charge in [0, 0.05) is 22.0 Å². The second-order valence-electron chi connectivity index (χ2n) is 13.7. The van der Waals surface area contributed by atoms with Gasteiger partial charge in [-0.2, -0.15) is 0 Å². The number of hydrogen-bond acceptors (Lipinski definition) is 2. The summed E-state index contributed by atoms with van der Waals surface area (Å²) in [6.07, 6.45) is 0. The lowest BCUT2D eigenvalue weighted by atomic mass is 9.93. The normalized spacial score (nSPS) is 11.3. The van der Waals surface area contributed by atoms with Crippen molar-refractivity contribution in [2.24, 2.45) is 0 Å². The molecule has 0 spiro atoms. The molecule has 0 aliphatic carbocycles. The fourth-order valence-corrected chi connectivity index (χ4v) is 7.85. The van der Waals surface area contributed by atoms with Crippen LogP contribution in [0.3, 0.4) is 0 Å². The van der Waals surface area contributed by atoms with E-state index in [1.165, 1.54) is 44.2 Å². The highest BCUT2D eigenvalue weighted by atomic mass is 16.3. The summed E-state index contributed by atoms with van der Waals surface area (Å²) in [5.41, 5.74) is 14.3. The zero-order valence-corrected chi connectivity index (χ0v) is 29.6. The molecule has 254 valence electrons. The summed E-state index contributed by atoms with van der Waals surface area (Å²) in [7, 11) is 0. The summed E-state index contributed by atoms with van der Waals surface area (Å²) in [4.78, 5) is 2.36. The van der Waals surface area contributed by atoms with E-state index in [1.807, 2.05) is 12.1 Å². The van der Waals surface area contributed by atoms with Gasteiger partial charge in [-0.15, -0.1) is 0 Å². The highest BCUT2D eigenvalue weighted by Crippen LogP contribution is 2.47. The van der Waals surface area contributed by atoms with Crippen molar-refractivity contribution in [1.82, 2.24) is 0 Å². The Hall–Kier alpha value is -7.16. The van der Waals surface area contributed by atoms with Crippen molar-refractivity contribution in [2.45, 2.75) is 0 Å². The first-order chi connectivity index (χ1) is 26.8. The summed E-state index contributed by atoms with van der Waals surface area (Å²) in [5.74, 6) is 0. The summed E-state index contributed by atoms with van der Waals surface area (Å²) in [6.45, 7) is 0. The van der Waals surface area contributed by atoms with Crippen LogP contribution in [0, 0.1) is 0 Å². The van der Waals surface area contributed by atoms with Crippen molar-refractivity contribution in [1.29, 1.82) is 0 Å². The molecular formula is C52H35NO. The average Bonchev–Trinajstić information content (AvgIpc) is 3.64. The standard InChI is InChI=1S/C52H35NO/c1-2-15-38(16-3-1)44-20-6-7-21-45(44)46-22-8-10-25-49(46)53(50-26-13-24-48-47-23-9-11-27-51(47)54-52(48)50)43-32-30-37(31-33-43)40-18-12-19-41(34-40)42-29-28-36-14-4-5-17-39(36)35-42/h1-35H. The first-order valence-corrected chi connectivity index (χ1v) is 18.4. The fraction of sp³-hybridized carbons (Fsp3) is 0. The second-order valence-corrected chi connectivity index (χ2v) is 13.7. The third kappa shape index (κ3) is 5.62. The third-order valence-corrected chi connectivity index (χ3v) is 10.5. The molecule has 0 aliphatic heterocycles. The topological polar surface area (TPSA) is 16.4 Å². The molecule has 2 nitrogen and oxygen atoms in total. The van der Waals surface area contributed by atoms with Crippen LogP contribution in [0.5, 0.6) is 0 Å². The van der Waals surface area contributed by atoms with E-state index in [2.05, 4.69) is 205 Å². The van der Waals surface area contributed by atoms with Gasteiger partial charge in [0.25, 0.3) is 0 Å². The predicted octanol–water partition coefficient (Wildman–Crippen LogP) is 14.9. The smallest absolute Gasteiger partial charge is 0.159 e. The zero-order chi connectivity index (χ0) is 35.8. The Labute approximate surface area is 314 Å². The molecule has 0 aliphatic rings. The monoisotopic (exact) mass is 689 g/mol. The maximum absolute atomic E-state index is 6.68. The Morgan fingerprint density at radius 3 is 1.74 bits per heavy atom. The van der Waals surface area contributed by atoms with Crippen LogP contribution < -0.4 is 4.90 Å². The number of fused-ring (bicyclic) bond motifs is 4. The Morgan fingerprint density at radius 1 is 0.315 bits per heavy atom. The largest absolute Gasteiger partial charge is 0.454 e. The number of benzene rings is 9. The first-order valence-electron chi connectivity index (χ1n) is 18.4. The average molecular weight is 690 g/mol. The number of para-hydroxylation sites is 3. The number of nitrogens with zero attached hydrogens (tertiary/aromatic N) is 1. The summed E-state index contributed by atoms with van der Waals surface area (Å²) >= 11 is 0. The molecule has 1 aromatic heterocycles. The molecule has 10 rings (SSSR count). The minimum absolute atomic E-state index is 0.858. The van der Waals surface area contributed by atoms with Crippen LogP contribution in [0.2, 0.25) is 0 Å². The molecule has 0 radical (unpaired) electrons. The molecule has 1 heterocycles. The van der Waals surface area contributed by atoms with Gasteiger partial charge >= 0.3 is 0 Å². The lowest BCUT2D eigenvalue weighted by molar-refractivity contribution is 0.669. The van der Waals surface area contributed by atoms with Crippen molar-refractivity contribution in [2.75, 3.05) is 4.90 Å². The van der Waals surface area contributed by atoms with Gasteiger partial charge < -0.3 is 9.32 Å². The molecule has 0 bridgehead atoms. The van der Waals surface area contributed by atoms with Gasteiger partial charge in [-0.05, 0) is 92.2 Å². The summed E-state index contributed by atoms with van der Waals surface area (Å²) in [6, 6.07) is 75.8. The van der Waals surface area contributed by atoms with Gasteiger partial charge in [0.05, 0.1) is 11.4 Å². The number of hydrogen-bond donors (Lipinski definition) is 0. The van der Waals surface area contributed by atoms with E-state index in [0.717, 1.165) is 50.1 Å². The molecule has 10 aromatic rings. The summed E-state index contributed by atoms with van der Waals surface area (Å²) < 4.78 is 6.68. The number of rotatable bonds is 7. The number of anilines is 3. The lowest BCUT2D eigenvalue weighted by Gasteiger charge is -2.28. The van der Waals surface area contributed by atoms with Crippen molar-refractivity contribution in [3.8, 4) is 44.5 Å². The summed E-state index contributed by atoms with van der Waals surface area (Å²) in [5, 5.41) is 4.70. The highest BCUT2D eigenvalue weighted by Gasteiger charge is 2.23. The van der Waals surface area contributed by atoms with E-state index in [9.17, 15) is 0 Å². The minimum atomic E-state index is 0.858. The van der Waals surface area contributed by atoms with Gasteiger partial charge in [0.15, 0.2) is 5.58 Å². The van der Waals surface area contributed by atoms with Gasteiger partial charge in [-0.25, -0.2) is 0 Å². The van der Waals surface area contributed by atoms with E-state index >= 15 is 0 Å². The van der Waals surface area contributed by atoms with Crippen molar-refractivity contribution < 1.29 is 4.42 Å². The maximum atomic E-state index is 6.68. The molecule has 54 heavy (non-hydrogen) atoms. The van der Waals surface area contributed by atoms with Crippen LogP contribution in [0.25, 0.3) is 77.2 Å². The third-order valence-electron chi connectivity index (χ3n) is 10.5. The van der Waals surface area contributed by atoms with Gasteiger partial charge in [0.2, 0.25) is 0 Å². The predicted molar refractivity (Wildman–Crippen MR) is 228 cm³/mol. The molecule has 0 amide bonds. The Bertz CT molecular complexity index is 2940. The van der Waals surface area contributed by atoms with Gasteiger partial charge in [-0.3, -0.25) is 0 Å². The Balaban J connectivity index is 1.12. The van der Waals surface area contributed by atoms with Gasteiger partial charge in [0.1, 0.15) is 5.58 Å². The SMILES string of the molecule is c1ccc(-c2ccccc2-c2ccccc2N(c2ccc(-c3cccc(-c4ccc5ccccc5c4)c3)cc2)c2cccc3c2oc2ccccc23)cc1. The first kappa shape index (κ1) is 31.6. The van der Waals surface area contributed by atoms with Crippen LogP contribution in [0.1, 0.15) is 0 Å². The molecule has 0 fully saturated rings. The molecule has 0 saturated carbocycles. The Morgan fingerprint density at radius 2 is 0.889 bits per heavy atom. The van der Waals surface area contributed by atoms with Crippen LogP contribution >= 0.6 is 0 Å². The second kappa shape index (κ2) is 13.4. The minimum Gasteiger partial charge on any atom is -0.454 e. The molecule has 9 aromatic carbocycles. The number of furan rings is 1. The van der Waals surface area contributed by atoms with Crippen LogP contribution in [-0.2, 0) is 0 Å². The van der Waals surface area contributed by atoms with Gasteiger partial charge in [-0.1, -0.05) is 170 Å². The molecule has 0 N–H and O–H groups in total. The van der Waals surface area contributed by atoms with Crippen LogP contribution in [0.15, 0.2) is 217 Å². The molecule has 0 saturated heterocycles. The molecule has 0 atom stereocenters. The quantitative estimate of drug-likeness (QED) is 0.166. The maximum Gasteiger partial charge on any atom is 0.159 e. The van der Waals surface area contributed by atoms with Crippen molar-refractivity contribution in [3.63, 3.8) is 0 Å². The fourth-order valence-electron chi connectivity index (χ4n) is 7.85. The highest BCUT2D eigenvalue weighted by molar-refractivity contribution is 6.11. The van der Waals surface area contributed by atoms with E-state index < -0.39 is 0 Å². The van der Waals surface area contributed by atoms with E-state index in [1.54, 1.807) is 0 Å². The zero-order valence-electron chi connectivity index (χ0n) is 29.6. The molecule has 0 unspecified atom stereocenters. The molecular weight excluding hydrogens is 655 g/mol. The van der Waals surface area contributed by atoms with E-state index in [0.29, 0.717) is 0 Å². The molecule has 2 heteroatoms. The van der Waals surface area contributed by atoms with E-state index in [-0.39, 0.29) is 0 Å². The van der Waals surface area contributed by atoms with E-state index in [4.69, 9.17) is 4.42 Å². The lowest BCUT2D eigenvalue weighted by Crippen LogP contribution is -2.11. The van der Waals surface area contributed by atoms with Crippen LogP contribution in [-0.4, -0.2) is 0 Å². The van der Waals surface area contributed by atoms with Crippen molar-refractivity contribution in [3.05, 3.63) is 212 Å². The van der Waals surface area contributed by atoms with Crippen molar-refractivity contribution >= 4 is 49.8 Å².